The van der Waals surface area contributed by atoms with Crippen LogP contribution in [-0.2, 0) is 4.74 Å². The summed E-state index contributed by atoms with van der Waals surface area (Å²) < 4.78 is 5.15. The zero-order valence-corrected chi connectivity index (χ0v) is 11.1. The molecule has 0 saturated heterocycles. The van der Waals surface area contributed by atoms with Crippen LogP contribution in [0.4, 0.5) is 5.69 Å². The Morgan fingerprint density at radius 1 is 1.33 bits per heavy atom. The number of methoxy groups -OCH3 is 1. The van der Waals surface area contributed by atoms with Gasteiger partial charge in [0, 0.05) is 25.9 Å². The summed E-state index contributed by atoms with van der Waals surface area (Å²) in [5.41, 5.74) is 3.56. The first-order valence-corrected chi connectivity index (χ1v) is 6.40. The number of hydrogen-bond acceptors (Lipinski definition) is 3. The Bertz CT molecular complexity index is 409. The van der Waals surface area contributed by atoms with Gasteiger partial charge in [0.15, 0.2) is 0 Å². The Labute approximate surface area is 109 Å². The molecule has 1 aliphatic rings. The highest BCUT2D eigenvalue weighted by atomic mass is 16.5. The molecule has 0 spiro atoms. The van der Waals surface area contributed by atoms with Gasteiger partial charge >= 0.3 is 0 Å². The molecular formula is C15H21NO2. The number of anilines is 1. The summed E-state index contributed by atoms with van der Waals surface area (Å²) in [6.07, 6.45) is 2.91. The normalized spacial score (nSPS) is 17.5. The van der Waals surface area contributed by atoms with Crippen LogP contribution in [0.2, 0.25) is 0 Å². The van der Waals surface area contributed by atoms with Gasteiger partial charge in [-0.25, -0.2) is 0 Å². The summed E-state index contributed by atoms with van der Waals surface area (Å²) in [6.45, 7) is 4.50. The van der Waals surface area contributed by atoms with Crippen LogP contribution in [0.15, 0.2) is 35.9 Å². The van der Waals surface area contributed by atoms with Gasteiger partial charge < -0.3 is 14.7 Å². The maximum absolute atomic E-state index is 9.48. The molecule has 1 atom stereocenters. The van der Waals surface area contributed by atoms with Crippen LogP contribution in [-0.4, -0.2) is 31.9 Å². The highest BCUT2D eigenvalue weighted by Gasteiger charge is 2.12. The lowest BCUT2D eigenvalue weighted by Gasteiger charge is -2.28. The Morgan fingerprint density at radius 3 is 2.56 bits per heavy atom. The van der Waals surface area contributed by atoms with Crippen molar-refractivity contribution < 1.29 is 9.84 Å². The van der Waals surface area contributed by atoms with Crippen LogP contribution in [0.1, 0.15) is 25.0 Å². The second-order valence-corrected chi connectivity index (χ2v) is 4.76. The molecule has 0 aromatic heterocycles. The van der Waals surface area contributed by atoms with E-state index in [1.165, 1.54) is 11.3 Å². The van der Waals surface area contributed by atoms with E-state index in [-0.39, 0.29) is 0 Å². The molecule has 98 valence electrons. The third-order valence-corrected chi connectivity index (χ3v) is 3.37. The fraction of sp³-hybridized carbons (Fsp3) is 0.467. The van der Waals surface area contributed by atoms with E-state index in [1.54, 1.807) is 14.0 Å². The molecule has 1 aliphatic heterocycles. The number of ether oxygens (including phenoxy) is 1. The maximum Gasteiger partial charge on any atom is 0.0761 e. The van der Waals surface area contributed by atoms with Crippen molar-refractivity contribution in [1.29, 1.82) is 0 Å². The van der Waals surface area contributed by atoms with Gasteiger partial charge in [-0.2, -0.15) is 0 Å². The summed E-state index contributed by atoms with van der Waals surface area (Å²) in [6, 6.07) is 8.15. The van der Waals surface area contributed by atoms with Gasteiger partial charge in [-0.3, -0.25) is 0 Å². The van der Waals surface area contributed by atoms with E-state index in [0.717, 1.165) is 31.7 Å². The first-order valence-electron chi connectivity index (χ1n) is 6.40. The minimum absolute atomic E-state index is 0.395. The molecule has 2 rings (SSSR count). The van der Waals surface area contributed by atoms with Gasteiger partial charge in [-0.15, -0.1) is 0 Å². The van der Waals surface area contributed by atoms with Crippen LogP contribution in [0.3, 0.4) is 0 Å². The van der Waals surface area contributed by atoms with Crippen LogP contribution in [0.5, 0.6) is 0 Å². The van der Waals surface area contributed by atoms with Gasteiger partial charge in [0.1, 0.15) is 0 Å². The summed E-state index contributed by atoms with van der Waals surface area (Å²) in [4.78, 5) is 2.34. The Kier molecular flexibility index (Phi) is 4.39. The number of aliphatic hydroxyl groups excluding tert-OH is 1. The van der Waals surface area contributed by atoms with Gasteiger partial charge in [0.2, 0.25) is 0 Å². The molecule has 0 aliphatic carbocycles. The van der Waals surface area contributed by atoms with Crippen molar-refractivity contribution in [3.8, 4) is 0 Å². The van der Waals surface area contributed by atoms with Crippen LogP contribution in [0, 0.1) is 0 Å². The zero-order chi connectivity index (χ0) is 13.0. The van der Waals surface area contributed by atoms with Gasteiger partial charge in [-0.1, -0.05) is 18.2 Å². The Morgan fingerprint density at radius 2 is 2.06 bits per heavy atom. The van der Waals surface area contributed by atoms with Gasteiger partial charge in [0.25, 0.3) is 0 Å². The fourth-order valence-electron chi connectivity index (χ4n) is 2.23. The molecule has 1 aromatic rings. The first-order chi connectivity index (χ1) is 8.70. The average Bonchev–Trinajstić information content (AvgIpc) is 2.40. The van der Waals surface area contributed by atoms with Crippen molar-refractivity contribution in [1.82, 2.24) is 0 Å². The van der Waals surface area contributed by atoms with Crippen molar-refractivity contribution >= 4 is 5.69 Å². The van der Waals surface area contributed by atoms with Crippen molar-refractivity contribution in [2.24, 2.45) is 0 Å². The number of nitrogens with zero attached hydrogens (tertiary/aromatic N) is 1. The highest BCUT2D eigenvalue weighted by molar-refractivity contribution is 5.49. The number of rotatable bonds is 4. The van der Waals surface area contributed by atoms with E-state index < -0.39 is 6.10 Å². The third-order valence-electron chi connectivity index (χ3n) is 3.37. The largest absolute Gasteiger partial charge is 0.389 e. The first kappa shape index (κ1) is 13.1. The number of aliphatic hydroxyl groups is 1. The number of benzene rings is 1. The summed E-state index contributed by atoms with van der Waals surface area (Å²) in [7, 11) is 1.74. The van der Waals surface area contributed by atoms with Gasteiger partial charge in [-0.05, 0) is 36.6 Å². The smallest absolute Gasteiger partial charge is 0.0761 e. The van der Waals surface area contributed by atoms with Crippen molar-refractivity contribution in [3.63, 3.8) is 0 Å². The summed E-state index contributed by atoms with van der Waals surface area (Å²) >= 11 is 0. The predicted octanol–water partition coefficient (Wildman–Crippen LogP) is 2.52. The lowest BCUT2D eigenvalue weighted by molar-refractivity contribution is 0.199. The molecular weight excluding hydrogens is 226 g/mol. The van der Waals surface area contributed by atoms with Crippen molar-refractivity contribution in [3.05, 3.63) is 41.5 Å². The quantitative estimate of drug-likeness (QED) is 0.830. The summed E-state index contributed by atoms with van der Waals surface area (Å²) in [5, 5.41) is 9.48. The molecule has 1 aromatic carbocycles. The van der Waals surface area contributed by atoms with Crippen molar-refractivity contribution in [2.75, 3.05) is 31.7 Å². The fourth-order valence-corrected chi connectivity index (χ4v) is 2.23. The molecule has 0 amide bonds. The zero-order valence-electron chi connectivity index (χ0n) is 11.1. The lowest BCUT2D eigenvalue weighted by atomic mass is 10.1. The minimum Gasteiger partial charge on any atom is -0.389 e. The van der Waals surface area contributed by atoms with Crippen LogP contribution >= 0.6 is 0 Å². The second kappa shape index (κ2) is 6.03. The van der Waals surface area contributed by atoms with Crippen molar-refractivity contribution in [2.45, 2.75) is 19.4 Å². The van der Waals surface area contributed by atoms with E-state index >= 15 is 0 Å². The Balaban J connectivity index is 2.01. The molecule has 1 N–H and O–H groups in total. The molecule has 0 saturated carbocycles. The molecule has 0 bridgehead atoms. The van der Waals surface area contributed by atoms with Crippen LogP contribution in [0.25, 0.3) is 0 Å². The SMILES string of the molecule is COCC1=CCN(c2ccc(C(C)O)cc2)CC1. The molecule has 18 heavy (non-hydrogen) atoms. The molecule has 1 unspecified atom stereocenters. The standard InChI is InChI=1S/C15H21NO2/c1-12(17)14-3-5-15(6-4-14)16-9-7-13(8-10-16)11-18-2/h3-7,12,17H,8-11H2,1-2H3. The topological polar surface area (TPSA) is 32.7 Å². The molecule has 1 heterocycles. The van der Waals surface area contributed by atoms with E-state index in [9.17, 15) is 5.11 Å². The van der Waals surface area contributed by atoms with E-state index in [1.807, 2.05) is 12.1 Å². The van der Waals surface area contributed by atoms with E-state index in [4.69, 9.17) is 4.74 Å². The molecule has 0 radical (unpaired) electrons. The van der Waals surface area contributed by atoms with Gasteiger partial charge in [0.05, 0.1) is 12.7 Å². The molecule has 0 fully saturated rings. The minimum atomic E-state index is -0.395. The Hall–Kier alpha value is -1.32. The number of hydrogen-bond donors (Lipinski definition) is 1. The maximum atomic E-state index is 9.48. The highest BCUT2D eigenvalue weighted by Crippen LogP contribution is 2.22. The average molecular weight is 247 g/mol. The monoisotopic (exact) mass is 247 g/mol. The summed E-state index contributed by atoms with van der Waals surface area (Å²) in [5.74, 6) is 0. The third kappa shape index (κ3) is 3.12. The second-order valence-electron chi connectivity index (χ2n) is 4.76. The van der Waals surface area contributed by atoms with E-state index in [0.29, 0.717) is 0 Å². The molecule has 3 nitrogen and oxygen atoms in total. The molecule has 3 heteroatoms. The predicted molar refractivity (Wildman–Crippen MR) is 73.9 cm³/mol. The van der Waals surface area contributed by atoms with Crippen LogP contribution < -0.4 is 4.90 Å². The van der Waals surface area contributed by atoms with E-state index in [2.05, 4.69) is 23.1 Å². The lowest BCUT2D eigenvalue weighted by Crippen LogP contribution is -2.29.